The van der Waals surface area contributed by atoms with Crippen molar-refractivity contribution in [3.8, 4) is 0 Å². The highest BCUT2D eigenvalue weighted by molar-refractivity contribution is 6.30. The molecular weight excluding hydrogens is 490 g/mol. The molecule has 3 heterocycles. The zero-order valence-electron chi connectivity index (χ0n) is 20.8. The number of carbonyl (C=O) groups excluding carboxylic acids is 3. The van der Waals surface area contributed by atoms with Crippen molar-refractivity contribution in [2.45, 2.75) is 31.7 Å². The summed E-state index contributed by atoms with van der Waals surface area (Å²) in [7, 11) is 0. The van der Waals surface area contributed by atoms with E-state index in [1.54, 1.807) is 23.1 Å². The summed E-state index contributed by atoms with van der Waals surface area (Å²) in [6.45, 7) is 4.29. The summed E-state index contributed by atoms with van der Waals surface area (Å²) in [4.78, 5) is 46.0. The predicted octanol–water partition coefficient (Wildman–Crippen LogP) is 5.00. The first-order valence-corrected chi connectivity index (χ1v) is 13.1. The predicted molar refractivity (Wildman–Crippen MR) is 141 cm³/mol. The van der Waals surface area contributed by atoms with Gasteiger partial charge in [0, 0.05) is 43.3 Å². The summed E-state index contributed by atoms with van der Waals surface area (Å²) >= 11 is 6.37. The first-order chi connectivity index (χ1) is 18.0. The quantitative estimate of drug-likeness (QED) is 0.459. The lowest BCUT2D eigenvalue weighted by Gasteiger charge is -2.44. The van der Waals surface area contributed by atoms with Gasteiger partial charge in [0.1, 0.15) is 0 Å². The van der Waals surface area contributed by atoms with E-state index >= 15 is 0 Å². The van der Waals surface area contributed by atoms with E-state index in [9.17, 15) is 14.4 Å². The number of unbranched alkanes of at least 4 members (excludes halogenated alkanes) is 1. The highest BCUT2D eigenvalue weighted by Crippen LogP contribution is 2.44. The Kier molecular flexibility index (Phi) is 7.33. The monoisotopic (exact) mass is 519 g/mol. The molecule has 2 aromatic carbocycles. The molecule has 0 saturated carbocycles. The number of hydrogen-bond donors (Lipinski definition) is 0. The molecule has 2 aliphatic rings. The lowest BCUT2D eigenvalue weighted by atomic mass is 9.78. The van der Waals surface area contributed by atoms with Crippen molar-refractivity contribution >= 4 is 29.3 Å². The lowest BCUT2D eigenvalue weighted by Crippen LogP contribution is -2.54. The van der Waals surface area contributed by atoms with Crippen molar-refractivity contribution in [2.24, 2.45) is 0 Å². The molecule has 1 aromatic heterocycles. The molecule has 3 amide bonds. The molecule has 0 N–H and O–H groups in total. The topological polar surface area (TPSA) is 74.1 Å². The second-order valence-corrected chi connectivity index (χ2v) is 9.95. The molecule has 0 radical (unpaired) electrons. The van der Waals surface area contributed by atoms with E-state index < -0.39 is 12.0 Å². The van der Waals surface area contributed by atoms with Crippen LogP contribution in [0.3, 0.4) is 0 Å². The van der Waals surface area contributed by atoms with Crippen molar-refractivity contribution < 1.29 is 18.8 Å². The number of benzene rings is 2. The Hall–Kier alpha value is -3.58. The second-order valence-electron chi connectivity index (χ2n) is 9.51. The molecule has 3 aromatic rings. The molecule has 1 saturated heterocycles. The molecule has 0 spiro atoms. The van der Waals surface area contributed by atoms with Gasteiger partial charge in [0.05, 0.1) is 18.2 Å². The maximum Gasteiger partial charge on any atom is 0.289 e. The fraction of sp³-hybridized carbons (Fsp3) is 0.345. The van der Waals surface area contributed by atoms with Gasteiger partial charge in [-0.05, 0) is 47.9 Å². The number of carbonyl (C=O) groups is 3. The zero-order chi connectivity index (χ0) is 25.9. The summed E-state index contributed by atoms with van der Waals surface area (Å²) in [5, 5.41) is 0.565. The van der Waals surface area contributed by atoms with Gasteiger partial charge in [-0.2, -0.15) is 0 Å². The summed E-state index contributed by atoms with van der Waals surface area (Å²) in [6, 6.07) is 17.7. The van der Waals surface area contributed by atoms with Crippen LogP contribution >= 0.6 is 11.6 Å². The van der Waals surface area contributed by atoms with E-state index in [4.69, 9.17) is 16.0 Å². The van der Waals surface area contributed by atoms with Crippen molar-refractivity contribution in [3.05, 3.63) is 94.4 Å². The molecule has 0 aliphatic carbocycles. The van der Waals surface area contributed by atoms with Gasteiger partial charge in [0.15, 0.2) is 5.76 Å². The molecule has 5 rings (SSSR count). The van der Waals surface area contributed by atoms with Gasteiger partial charge in [-0.1, -0.05) is 55.3 Å². The van der Waals surface area contributed by atoms with Crippen LogP contribution in [0.2, 0.25) is 5.02 Å². The summed E-state index contributed by atoms with van der Waals surface area (Å²) in [5.41, 5.74) is 2.16. The second kappa shape index (κ2) is 10.8. The number of nitrogens with zero attached hydrogens (tertiary/aromatic N) is 3. The number of amides is 3. The molecule has 1 fully saturated rings. The van der Waals surface area contributed by atoms with E-state index in [2.05, 4.69) is 6.92 Å². The van der Waals surface area contributed by atoms with Gasteiger partial charge in [-0.15, -0.1) is 0 Å². The number of fused-ring (bicyclic) bond motifs is 1. The Balaban J connectivity index is 1.48. The van der Waals surface area contributed by atoms with Crippen LogP contribution in [0, 0.1) is 0 Å². The van der Waals surface area contributed by atoms with E-state index in [1.807, 2.05) is 52.3 Å². The van der Waals surface area contributed by atoms with Crippen molar-refractivity contribution in [2.75, 3.05) is 32.7 Å². The third-order valence-corrected chi connectivity index (χ3v) is 7.49. The molecule has 37 heavy (non-hydrogen) atoms. The summed E-state index contributed by atoms with van der Waals surface area (Å²) < 4.78 is 5.26. The van der Waals surface area contributed by atoms with Crippen molar-refractivity contribution in [1.82, 2.24) is 14.7 Å². The molecule has 8 heteroatoms. The minimum atomic E-state index is -0.573. The van der Waals surface area contributed by atoms with Crippen LogP contribution in [0.15, 0.2) is 71.3 Å². The van der Waals surface area contributed by atoms with Crippen LogP contribution in [0.1, 0.15) is 63.8 Å². The zero-order valence-corrected chi connectivity index (χ0v) is 21.6. The first-order valence-electron chi connectivity index (χ1n) is 12.8. The van der Waals surface area contributed by atoms with E-state index in [0.717, 1.165) is 24.0 Å². The Morgan fingerprint density at radius 3 is 2.43 bits per heavy atom. The first kappa shape index (κ1) is 25.1. The van der Waals surface area contributed by atoms with Gasteiger partial charge in [0.2, 0.25) is 5.91 Å². The number of hydrogen-bond acceptors (Lipinski definition) is 4. The molecule has 192 valence electrons. The normalized spacial score (nSPS) is 19.6. The molecule has 0 bridgehead atoms. The molecule has 2 unspecified atom stereocenters. The SMILES string of the molecule is CCCCN1C(=O)c2ccccc2C(C(=O)N2CCN(C(=O)c3ccco3)CC2)C1c1cccc(Cl)c1. The number of rotatable bonds is 6. The average Bonchev–Trinajstić information content (AvgIpc) is 3.47. The molecular formula is C29H30ClN3O4. The van der Waals surface area contributed by atoms with E-state index in [-0.39, 0.29) is 17.7 Å². The van der Waals surface area contributed by atoms with Gasteiger partial charge in [-0.25, -0.2) is 0 Å². The van der Waals surface area contributed by atoms with Gasteiger partial charge in [-0.3, -0.25) is 14.4 Å². The molecule has 7 nitrogen and oxygen atoms in total. The van der Waals surface area contributed by atoms with Crippen molar-refractivity contribution in [3.63, 3.8) is 0 Å². The van der Waals surface area contributed by atoms with Crippen LogP contribution in [0.4, 0.5) is 0 Å². The van der Waals surface area contributed by atoms with Gasteiger partial charge < -0.3 is 19.1 Å². The van der Waals surface area contributed by atoms with Crippen LogP contribution in [-0.2, 0) is 4.79 Å². The highest BCUT2D eigenvalue weighted by Gasteiger charge is 2.45. The molecule has 2 aliphatic heterocycles. The Morgan fingerprint density at radius 1 is 0.973 bits per heavy atom. The maximum atomic E-state index is 14.2. The maximum absolute atomic E-state index is 14.2. The Bertz CT molecular complexity index is 1280. The third-order valence-electron chi connectivity index (χ3n) is 7.26. The summed E-state index contributed by atoms with van der Waals surface area (Å²) in [6.07, 6.45) is 3.24. The smallest absolute Gasteiger partial charge is 0.289 e. The highest BCUT2D eigenvalue weighted by atomic mass is 35.5. The van der Waals surface area contributed by atoms with Crippen molar-refractivity contribution in [1.29, 1.82) is 0 Å². The molecule has 2 atom stereocenters. The van der Waals surface area contributed by atoms with E-state index in [1.165, 1.54) is 6.26 Å². The standard InChI is InChI=1S/C29H30ClN3O4/c1-2-3-13-33-26(20-8-6-9-21(30)19-20)25(22-10-4-5-11-23(22)27(33)34)29(36)32-16-14-31(15-17-32)28(35)24-12-7-18-37-24/h4-12,18-19,25-26H,2-3,13-17H2,1H3. The lowest BCUT2D eigenvalue weighted by molar-refractivity contribution is -0.136. The largest absolute Gasteiger partial charge is 0.459 e. The Morgan fingerprint density at radius 2 is 1.73 bits per heavy atom. The summed E-state index contributed by atoms with van der Waals surface area (Å²) in [5.74, 6) is -0.555. The van der Waals surface area contributed by atoms with Gasteiger partial charge >= 0.3 is 0 Å². The minimum Gasteiger partial charge on any atom is -0.459 e. The Labute approximate surface area is 221 Å². The van der Waals surface area contributed by atoms with Crippen LogP contribution < -0.4 is 0 Å². The number of halogens is 1. The van der Waals surface area contributed by atoms with Crippen LogP contribution in [0.5, 0.6) is 0 Å². The van der Waals surface area contributed by atoms with Crippen LogP contribution in [0.25, 0.3) is 0 Å². The number of furan rings is 1. The fourth-order valence-corrected chi connectivity index (χ4v) is 5.58. The third kappa shape index (κ3) is 4.88. The van der Waals surface area contributed by atoms with Gasteiger partial charge in [0.25, 0.3) is 11.8 Å². The van der Waals surface area contributed by atoms with E-state index in [0.29, 0.717) is 49.1 Å². The fourth-order valence-electron chi connectivity index (χ4n) is 5.38. The van der Waals surface area contributed by atoms with Crippen LogP contribution in [-0.4, -0.2) is 65.1 Å². The number of piperazine rings is 1. The average molecular weight is 520 g/mol. The minimum absolute atomic E-state index is 0.0449.